The van der Waals surface area contributed by atoms with Crippen LogP contribution < -0.4 is 4.90 Å². The van der Waals surface area contributed by atoms with Gasteiger partial charge in [0.1, 0.15) is 5.82 Å². The van der Waals surface area contributed by atoms with E-state index in [1.165, 1.54) is 30.3 Å². The molecular formula is C25H27FN2O5. The number of hydrogen-bond donors (Lipinski definition) is 0. The molecule has 0 unspecified atom stereocenters. The first-order valence-electron chi connectivity index (χ1n) is 10.8. The molecule has 1 heterocycles. The molecule has 1 aliphatic heterocycles. The van der Waals surface area contributed by atoms with E-state index in [9.17, 15) is 23.6 Å². The minimum atomic E-state index is -0.763. The summed E-state index contributed by atoms with van der Waals surface area (Å²) in [6.45, 7) is 8.72. The lowest BCUT2D eigenvalue weighted by Gasteiger charge is -2.26. The molecule has 0 bridgehead atoms. The van der Waals surface area contributed by atoms with Crippen LogP contribution in [0.1, 0.15) is 58.8 Å². The third-order valence-electron chi connectivity index (χ3n) is 5.06. The molecule has 0 spiro atoms. The Morgan fingerprint density at radius 2 is 1.48 bits per heavy atom. The number of anilines is 1. The van der Waals surface area contributed by atoms with E-state index in [4.69, 9.17) is 4.74 Å². The van der Waals surface area contributed by atoms with Gasteiger partial charge in [-0.05, 0) is 54.3 Å². The number of rotatable bonds is 8. The number of fused-ring (bicyclic) bond motifs is 1. The molecule has 2 aromatic carbocycles. The van der Waals surface area contributed by atoms with Crippen LogP contribution in [0, 0.1) is 17.7 Å². The van der Waals surface area contributed by atoms with Crippen molar-refractivity contribution in [2.45, 2.75) is 27.7 Å². The maximum atomic E-state index is 13.2. The van der Waals surface area contributed by atoms with Crippen LogP contribution in [-0.2, 0) is 9.53 Å². The van der Waals surface area contributed by atoms with E-state index in [1.54, 1.807) is 4.90 Å². The van der Waals surface area contributed by atoms with E-state index < -0.39 is 30.2 Å². The van der Waals surface area contributed by atoms with Crippen LogP contribution in [0.4, 0.5) is 10.1 Å². The lowest BCUT2D eigenvalue weighted by Crippen LogP contribution is -2.39. The van der Waals surface area contributed by atoms with Gasteiger partial charge >= 0.3 is 5.97 Å². The highest BCUT2D eigenvalue weighted by Crippen LogP contribution is 2.29. The second-order valence-electron chi connectivity index (χ2n) is 8.85. The second-order valence-corrected chi connectivity index (χ2v) is 8.85. The van der Waals surface area contributed by atoms with E-state index >= 15 is 0 Å². The first-order valence-corrected chi connectivity index (χ1v) is 10.8. The molecule has 0 aliphatic carbocycles. The third-order valence-corrected chi connectivity index (χ3v) is 5.06. The van der Waals surface area contributed by atoms with Gasteiger partial charge in [-0.15, -0.1) is 0 Å². The van der Waals surface area contributed by atoms with Crippen LogP contribution in [0.25, 0.3) is 0 Å². The summed E-state index contributed by atoms with van der Waals surface area (Å²) in [6.07, 6.45) is 0. The molecule has 8 heteroatoms. The number of nitrogens with zero attached hydrogens (tertiary/aromatic N) is 2. The minimum Gasteiger partial charge on any atom is -0.452 e. The lowest BCUT2D eigenvalue weighted by molar-refractivity contribution is -0.135. The van der Waals surface area contributed by atoms with Crippen LogP contribution in [0.2, 0.25) is 0 Å². The molecule has 3 amide bonds. The minimum absolute atomic E-state index is 0.0475. The standard InChI is InChI=1S/C25H27FN2O5/c1-15(2)12-27(13-16(3)4)22(29)14-33-25(32)17-5-10-20-21(11-17)24(31)28(23(20)30)19-8-6-18(26)7-9-19/h5-11,15-16H,12-14H2,1-4H3. The smallest absolute Gasteiger partial charge is 0.338 e. The molecule has 0 saturated carbocycles. The van der Waals surface area contributed by atoms with Crippen molar-refractivity contribution in [3.63, 3.8) is 0 Å². The summed E-state index contributed by atoms with van der Waals surface area (Å²) in [5.41, 5.74) is 0.471. The van der Waals surface area contributed by atoms with Gasteiger partial charge in [0.25, 0.3) is 17.7 Å². The van der Waals surface area contributed by atoms with Gasteiger partial charge in [-0.3, -0.25) is 14.4 Å². The van der Waals surface area contributed by atoms with Gasteiger partial charge in [-0.2, -0.15) is 0 Å². The summed E-state index contributed by atoms with van der Waals surface area (Å²) in [7, 11) is 0. The highest BCUT2D eigenvalue weighted by molar-refractivity contribution is 6.34. The summed E-state index contributed by atoms with van der Waals surface area (Å²) >= 11 is 0. The molecule has 0 radical (unpaired) electrons. The summed E-state index contributed by atoms with van der Waals surface area (Å²) in [5, 5.41) is 0. The van der Waals surface area contributed by atoms with Crippen LogP contribution in [0.3, 0.4) is 0 Å². The van der Waals surface area contributed by atoms with E-state index in [0.717, 1.165) is 17.0 Å². The second kappa shape index (κ2) is 9.94. The fourth-order valence-corrected chi connectivity index (χ4v) is 3.65. The van der Waals surface area contributed by atoms with Crippen molar-refractivity contribution < 1.29 is 28.3 Å². The van der Waals surface area contributed by atoms with Crippen molar-refractivity contribution in [3.8, 4) is 0 Å². The van der Waals surface area contributed by atoms with Crippen molar-refractivity contribution in [1.29, 1.82) is 0 Å². The topological polar surface area (TPSA) is 84.0 Å². The number of benzene rings is 2. The Morgan fingerprint density at radius 1 is 0.909 bits per heavy atom. The van der Waals surface area contributed by atoms with Crippen molar-refractivity contribution >= 4 is 29.4 Å². The molecule has 2 aromatic rings. The van der Waals surface area contributed by atoms with E-state index in [2.05, 4.69) is 0 Å². The van der Waals surface area contributed by atoms with Crippen molar-refractivity contribution in [1.82, 2.24) is 4.90 Å². The monoisotopic (exact) mass is 454 g/mol. The molecule has 0 N–H and O–H groups in total. The molecule has 0 aromatic heterocycles. The summed E-state index contributed by atoms with van der Waals surface area (Å²) in [4.78, 5) is 53.2. The zero-order valence-corrected chi connectivity index (χ0v) is 19.1. The zero-order valence-electron chi connectivity index (χ0n) is 19.1. The average Bonchev–Trinajstić information content (AvgIpc) is 3.01. The molecule has 7 nitrogen and oxygen atoms in total. The highest BCUT2D eigenvalue weighted by Gasteiger charge is 2.37. The van der Waals surface area contributed by atoms with Crippen LogP contribution >= 0.6 is 0 Å². The van der Waals surface area contributed by atoms with Crippen LogP contribution in [-0.4, -0.2) is 48.3 Å². The van der Waals surface area contributed by atoms with Crippen molar-refractivity contribution in [3.05, 3.63) is 65.0 Å². The van der Waals surface area contributed by atoms with Gasteiger partial charge in [0, 0.05) is 13.1 Å². The van der Waals surface area contributed by atoms with Crippen molar-refractivity contribution in [2.75, 3.05) is 24.6 Å². The zero-order chi connectivity index (χ0) is 24.3. The largest absolute Gasteiger partial charge is 0.452 e. The Bertz CT molecular complexity index is 1070. The molecule has 0 atom stereocenters. The maximum Gasteiger partial charge on any atom is 0.338 e. The van der Waals surface area contributed by atoms with Gasteiger partial charge in [-0.25, -0.2) is 14.1 Å². The quantitative estimate of drug-likeness (QED) is 0.446. The molecular weight excluding hydrogens is 427 g/mol. The number of esters is 1. The molecule has 0 saturated heterocycles. The first-order chi connectivity index (χ1) is 15.6. The summed E-state index contributed by atoms with van der Waals surface area (Å²) in [6, 6.07) is 9.01. The fourth-order valence-electron chi connectivity index (χ4n) is 3.65. The predicted molar refractivity (Wildman–Crippen MR) is 121 cm³/mol. The molecule has 0 fully saturated rings. The summed E-state index contributed by atoms with van der Waals surface area (Å²) < 4.78 is 18.4. The molecule has 174 valence electrons. The Morgan fingerprint density at radius 3 is 2.06 bits per heavy atom. The normalized spacial score (nSPS) is 13.0. The van der Waals surface area contributed by atoms with Gasteiger partial charge in [-0.1, -0.05) is 27.7 Å². The molecule has 3 rings (SSSR count). The lowest BCUT2D eigenvalue weighted by atomic mass is 10.1. The number of carbonyl (C=O) groups is 4. The van der Waals surface area contributed by atoms with E-state index in [1.807, 2.05) is 27.7 Å². The van der Waals surface area contributed by atoms with Crippen LogP contribution in [0.5, 0.6) is 0 Å². The Kier molecular flexibility index (Phi) is 7.26. The predicted octanol–water partition coefficient (Wildman–Crippen LogP) is 3.92. The Balaban J connectivity index is 1.72. The number of ether oxygens (including phenoxy) is 1. The average molecular weight is 454 g/mol. The molecule has 1 aliphatic rings. The first kappa shape index (κ1) is 24.1. The SMILES string of the molecule is CC(C)CN(CC(C)C)C(=O)COC(=O)c1ccc2c(c1)C(=O)N(c1ccc(F)cc1)C2=O. The number of carbonyl (C=O) groups excluding carboxylic acids is 4. The van der Waals surface area contributed by atoms with Crippen molar-refractivity contribution in [2.24, 2.45) is 11.8 Å². The highest BCUT2D eigenvalue weighted by atomic mass is 19.1. The number of amides is 3. The van der Waals surface area contributed by atoms with E-state index in [0.29, 0.717) is 13.1 Å². The number of hydrogen-bond acceptors (Lipinski definition) is 5. The van der Waals surface area contributed by atoms with Crippen LogP contribution in [0.15, 0.2) is 42.5 Å². The Labute approximate surface area is 192 Å². The Hall–Kier alpha value is -3.55. The summed E-state index contributed by atoms with van der Waals surface area (Å²) in [5.74, 6) is -2.18. The maximum absolute atomic E-state index is 13.2. The number of imide groups is 1. The third kappa shape index (κ3) is 5.45. The molecule has 33 heavy (non-hydrogen) atoms. The van der Waals surface area contributed by atoms with E-state index in [-0.39, 0.29) is 40.1 Å². The van der Waals surface area contributed by atoms with Gasteiger partial charge in [0.2, 0.25) is 0 Å². The fraction of sp³-hybridized carbons (Fsp3) is 0.360. The van der Waals surface area contributed by atoms with Gasteiger partial charge in [0.05, 0.1) is 22.4 Å². The van der Waals surface area contributed by atoms with Gasteiger partial charge in [0.15, 0.2) is 6.61 Å². The van der Waals surface area contributed by atoms with Gasteiger partial charge < -0.3 is 9.64 Å². The number of halogens is 1.